The molecule has 1 unspecified atom stereocenters. The monoisotopic (exact) mass is 263 g/mol. The van der Waals surface area contributed by atoms with Crippen molar-refractivity contribution in [1.82, 2.24) is 10.3 Å². The topological polar surface area (TPSA) is 41.3 Å². The van der Waals surface area contributed by atoms with E-state index in [-0.39, 0.29) is 0 Å². The lowest BCUT2D eigenvalue weighted by molar-refractivity contribution is 0.263. The number of nitrogens with one attached hydrogen (secondary N) is 1. The van der Waals surface area contributed by atoms with Crippen molar-refractivity contribution >= 4 is 6.01 Å². The van der Waals surface area contributed by atoms with Crippen molar-refractivity contribution in [3.63, 3.8) is 0 Å². The quantitative estimate of drug-likeness (QED) is 0.907. The maximum Gasteiger partial charge on any atom is 0.297 e. The van der Waals surface area contributed by atoms with Gasteiger partial charge in [-0.05, 0) is 30.6 Å². The van der Waals surface area contributed by atoms with Crippen molar-refractivity contribution in [2.24, 2.45) is 11.3 Å². The second-order valence-electron chi connectivity index (χ2n) is 7.07. The van der Waals surface area contributed by atoms with Gasteiger partial charge in [0.25, 0.3) is 6.01 Å². The highest BCUT2D eigenvalue weighted by Crippen LogP contribution is 2.35. The zero-order valence-corrected chi connectivity index (χ0v) is 12.3. The third-order valence-electron chi connectivity index (χ3n) is 4.37. The van der Waals surface area contributed by atoms with E-state index in [4.69, 9.17) is 4.42 Å². The summed E-state index contributed by atoms with van der Waals surface area (Å²) in [6.45, 7) is 9.94. The van der Waals surface area contributed by atoms with Gasteiger partial charge in [-0.3, -0.25) is 0 Å². The SMILES string of the molecule is CC(C)(C)C1CCN(c2nc(CNC3CC3)co2)C1. The first kappa shape index (κ1) is 13.0. The lowest BCUT2D eigenvalue weighted by Gasteiger charge is -2.26. The summed E-state index contributed by atoms with van der Waals surface area (Å²) in [5.41, 5.74) is 1.40. The maximum absolute atomic E-state index is 5.64. The molecule has 0 bridgehead atoms. The molecule has 1 atom stereocenters. The minimum Gasteiger partial charge on any atom is -0.432 e. The minimum absolute atomic E-state index is 0.373. The average molecular weight is 263 g/mol. The molecule has 1 aliphatic heterocycles. The lowest BCUT2D eigenvalue weighted by Crippen LogP contribution is -2.26. The van der Waals surface area contributed by atoms with Gasteiger partial charge in [0.2, 0.25) is 0 Å². The van der Waals surface area contributed by atoms with Gasteiger partial charge >= 0.3 is 0 Å². The zero-order chi connectivity index (χ0) is 13.5. The van der Waals surface area contributed by atoms with E-state index >= 15 is 0 Å². The Morgan fingerprint density at radius 2 is 2.16 bits per heavy atom. The fourth-order valence-corrected chi connectivity index (χ4v) is 2.70. The molecule has 1 N–H and O–H groups in total. The summed E-state index contributed by atoms with van der Waals surface area (Å²) in [7, 11) is 0. The van der Waals surface area contributed by atoms with E-state index in [1.807, 2.05) is 0 Å². The molecule has 1 saturated heterocycles. The molecule has 1 saturated carbocycles. The summed E-state index contributed by atoms with van der Waals surface area (Å²) in [6.07, 6.45) is 5.66. The molecule has 106 valence electrons. The second kappa shape index (κ2) is 4.82. The predicted octanol–water partition coefficient (Wildman–Crippen LogP) is 2.80. The minimum atomic E-state index is 0.373. The van der Waals surface area contributed by atoms with E-state index in [2.05, 4.69) is 36.0 Å². The van der Waals surface area contributed by atoms with Gasteiger partial charge in [-0.1, -0.05) is 20.8 Å². The Kier molecular flexibility index (Phi) is 3.29. The molecule has 1 aliphatic carbocycles. The number of oxazole rings is 1. The summed E-state index contributed by atoms with van der Waals surface area (Å²) < 4.78 is 5.64. The number of anilines is 1. The van der Waals surface area contributed by atoms with Crippen LogP contribution >= 0.6 is 0 Å². The molecule has 0 aromatic carbocycles. The van der Waals surface area contributed by atoms with E-state index in [0.29, 0.717) is 5.41 Å². The molecule has 2 aliphatic rings. The van der Waals surface area contributed by atoms with Gasteiger partial charge in [-0.15, -0.1) is 0 Å². The second-order valence-corrected chi connectivity index (χ2v) is 7.07. The summed E-state index contributed by atoms with van der Waals surface area (Å²) in [6, 6.07) is 1.52. The smallest absolute Gasteiger partial charge is 0.297 e. The summed E-state index contributed by atoms with van der Waals surface area (Å²) >= 11 is 0. The number of nitrogens with zero attached hydrogens (tertiary/aromatic N) is 2. The highest BCUT2D eigenvalue weighted by Gasteiger charge is 2.33. The summed E-state index contributed by atoms with van der Waals surface area (Å²) in [5, 5.41) is 3.47. The first-order valence-corrected chi connectivity index (χ1v) is 7.45. The Labute approximate surface area is 115 Å². The number of hydrogen-bond acceptors (Lipinski definition) is 4. The normalized spacial score (nSPS) is 24.2. The van der Waals surface area contributed by atoms with Crippen LogP contribution in [0.4, 0.5) is 6.01 Å². The Hall–Kier alpha value is -1.03. The molecule has 4 heteroatoms. The van der Waals surface area contributed by atoms with Crippen molar-refractivity contribution in [1.29, 1.82) is 0 Å². The Balaban J connectivity index is 1.57. The molecule has 19 heavy (non-hydrogen) atoms. The van der Waals surface area contributed by atoms with Crippen molar-refractivity contribution in [2.75, 3.05) is 18.0 Å². The highest BCUT2D eigenvalue weighted by atomic mass is 16.4. The van der Waals surface area contributed by atoms with Gasteiger partial charge in [0.1, 0.15) is 6.26 Å². The molecule has 4 nitrogen and oxygen atoms in total. The van der Waals surface area contributed by atoms with Crippen LogP contribution in [0.3, 0.4) is 0 Å². The first-order chi connectivity index (χ1) is 9.02. The molecule has 2 fully saturated rings. The van der Waals surface area contributed by atoms with Crippen LogP contribution in [0.25, 0.3) is 0 Å². The lowest BCUT2D eigenvalue weighted by atomic mass is 9.80. The van der Waals surface area contributed by atoms with Crippen molar-refractivity contribution < 1.29 is 4.42 Å². The van der Waals surface area contributed by atoms with Gasteiger partial charge in [-0.25, -0.2) is 0 Å². The number of aromatic nitrogens is 1. The predicted molar refractivity (Wildman–Crippen MR) is 76.1 cm³/mol. The van der Waals surface area contributed by atoms with Crippen molar-refractivity contribution in [3.05, 3.63) is 12.0 Å². The number of rotatable bonds is 4. The van der Waals surface area contributed by atoms with Crippen LogP contribution < -0.4 is 10.2 Å². The van der Waals surface area contributed by atoms with E-state index in [0.717, 1.165) is 43.3 Å². The van der Waals surface area contributed by atoms with Gasteiger partial charge in [0.05, 0.1) is 5.69 Å². The fourth-order valence-electron chi connectivity index (χ4n) is 2.70. The van der Waals surface area contributed by atoms with Crippen molar-refractivity contribution in [2.45, 2.75) is 52.6 Å². The molecular weight excluding hydrogens is 238 g/mol. The van der Waals surface area contributed by atoms with Gasteiger partial charge in [0.15, 0.2) is 0 Å². The Morgan fingerprint density at radius 3 is 2.79 bits per heavy atom. The third-order valence-corrected chi connectivity index (χ3v) is 4.37. The third kappa shape index (κ3) is 3.11. The van der Waals surface area contributed by atoms with Gasteiger partial charge in [-0.2, -0.15) is 4.98 Å². The Morgan fingerprint density at radius 1 is 1.37 bits per heavy atom. The van der Waals surface area contributed by atoms with Crippen molar-refractivity contribution in [3.8, 4) is 0 Å². The number of hydrogen-bond donors (Lipinski definition) is 1. The van der Waals surface area contributed by atoms with Gasteiger partial charge in [0, 0.05) is 25.7 Å². The van der Waals surface area contributed by atoms with Crippen LogP contribution in [0.2, 0.25) is 0 Å². The van der Waals surface area contributed by atoms with Gasteiger partial charge < -0.3 is 14.6 Å². The van der Waals surface area contributed by atoms with Crippen LogP contribution in [0.5, 0.6) is 0 Å². The molecule has 0 spiro atoms. The summed E-state index contributed by atoms with van der Waals surface area (Å²) in [5.74, 6) is 0.729. The fraction of sp³-hybridized carbons (Fsp3) is 0.800. The van der Waals surface area contributed by atoms with E-state index < -0.39 is 0 Å². The van der Waals surface area contributed by atoms with Crippen LogP contribution in [0.1, 0.15) is 45.7 Å². The van der Waals surface area contributed by atoms with E-state index in [1.165, 1.54) is 19.3 Å². The Bertz CT molecular complexity index is 431. The van der Waals surface area contributed by atoms with Crippen LogP contribution in [-0.4, -0.2) is 24.1 Å². The van der Waals surface area contributed by atoms with Crippen LogP contribution in [0, 0.1) is 11.3 Å². The molecule has 1 aromatic heterocycles. The molecule has 2 heterocycles. The van der Waals surface area contributed by atoms with Crippen LogP contribution in [0.15, 0.2) is 10.7 Å². The molecule has 1 aromatic rings. The van der Waals surface area contributed by atoms with E-state index in [1.54, 1.807) is 6.26 Å². The molecular formula is C15H25N3O. The van der Waals surface area contributed by atoms with E-state index in [9.17, 15) is 0 Å². The summed E-state index contributed by atoms with van der Waals surface area (Å²) in [4.78, 5) is 6.89. The molecule has 0 amide bonds. The average Bonchev–Trinajstić information content (AvgIpc) is 2.87. The standard InChI is InChI=1S/C15H25N3O/c1-15(2,3)11-6-7-18(9-11)14-17-13(10-19-14)8-16-12-4-5-12/h10-12,16H,4-9H2,1-3H3. The maximum atomic E-state index is 5.64. The molecule has 3 rings (SSSR count). The zero-order valence-electron chi connectivity index (χ0n) is 12.3. The highest BCUT2D eigenvalue weighted by molar-refractivity contribution is 5.29. The van der Waals surface area contributed by atoms with Crippen LogP contribution in [-0.2, 0) is 6.54 Å². The largest absolute Gasteiger partial charge is 0.432 e. The molecule has 0 radical (unpaired) electrons. The first-order valence-electron chi connectivity index (χ1n) is 7.45.